The van der Waals surface area contributed by atoms with Gasteiger partial charge in [0.15, 0.2) is 0 Å². The molecule has 0 N–H and O–H groups in total. The predicted octanol–water partition coefficient (Wildman–Crippen LogP) is 3.78. The van der Waals surface area contributed by atoms with Crippen molar-refractivity contribution < 1.29 is 9.32 Å². The van der Waals surface area contributed by atoms with Crippen molar-refractivity contribution in [2.75, 3.05) is 13.1 Å². The summed E-state index contributed by atoms with van der Waals surface area (Å²) in [4.78, 5) is 19.4. The zero-order valence-corrected chi connectivity index (χ0v) is 14.7. The van der Waals surface area contributed by atoms with Crippen molar-refractivity contribution in [2.45, 2.75) is 33.1 Å². The van der Waals surface area contributed by atoms with E-state index in [1.54, 1.807) is 0 Å². The van der Waals surface area contributed by atoms with Crippen LogP contribution in [0.1, 0.15) is 45.2 Å². The highest BCUT2D eigenvalue weighted by Gasteiger charge is 2.30. The Morgan fingerprint density at radius 3 is 2.84 bits per heavy atom. The maximum Gasteiger partial charge on any atom is 0.258 e. The lowest BCUT2D eigenvalue weighted by molar-refractivity contribution is 0.0792. The van der Waals surface area contributed by atoms with Crippen molar-refractivity contribution in [3.05, 3.63) is 58.4 Å². The average molecular weight is 335 g/mol. The molecule has 0 saturated carbocycles. The van der Waals surface area contributed by atoms with Gasteiger partial charge in [-0.2, -0.15) is 0 Å². The summed E-state index contributed by atoms with van der Waals surface area (Å²) in [5, 5.41) is 4.70. The summed E-state index contributed by atoms with van der Waals surface area (Å²) in [7, 11) is 0. The summed E-state index contributed by atoms with van der Waals surface area (Å²) in [6.45, 7) is 7.37. The number of amides is 1. The molecule has 1 aliphatic heterocycles. The third-order valence-corrected chi connectivity index (χ3v) is 5.08. The van der Waals surface area contributed by atoms with E-state index in [4.69, 9.17) is 4.52 Å². The highest BCUT2D eigenvalue weighted by atomic mass is 16.5. The number of aryl methyl sites for hydroxylation is 3. The fourth-order valence-electron chi connectivity index (χ4n) is 3.80. The number of hydrogen-bond donors (Lipinski definition) is 0. The molecule has 1 amide bonds. The summed E-state index contributed by atoms with van der Waals surface area (Å²) >= 11 is 0. The molecule has 1 fully saturated rings. The number of hydrogen-bond acceptors (Lipinski definition) is 4. The van der Waals surface area contributed by atoms with E-state index in [0.717, 1.165) is 30.6 Å². The summed E-state index contributed by atoms with van der Waals surface area (Å²) in [5.41, 5.74) is 5.19. The van der Waals surface area contributed by atoms with Crippen LogP contribution >= 0.6 is 0 Å². The Hall–Kier alpha value is -2.69. The van der Waals surface area contributed by atoms with Crippen molar-refractivity contribution in [1.82, 2.24) is 15.0 Å². The van der Waals surface area contributed by atoms with E-state index in [0.29, 0.717) is 22.9 Å². The maximum atomic E-state index is 13.2. The van der Waals surface area contributed by atoms with Crippen molar-refractivity contribution in [2.24, 2.45) is 0 Å². The van der Waals surface area contributed by atoms with Gasteiger partial charge in [-0.25, -0.2) is 4.98 Å². The third kappa shape index (κ3) is 2.69. The van der Waals surface area contributed by atoms with E-state index in [2.05, 4.69) is 41.3 Å². The first kappa shape index (κ1) is 15.8. The molecule has 0 radical (unpaired) electrons. The molecule has 0 aliphatic carbocycles. The van der Waals surface area contributed by atoms with Crippen molar-refractivity contribution in [1.29, 1.82) is 0 Å². The quantitative estimate of drug-likeness (QED) is 0.715. The van der Waals surface area contributed by atoms with E-state index >= 15 is 0 Å². The molecule has 3 aromatic rings. The molecule has 128 valence electrons. The molecule has 1 unspecified atom stereocenters. The van der Waals surface area contributed by atoms with Crippen LogP contribution in [0.15, 0.2) is 34.9 Å². The predicted molar refractivity (Wildman–Crippen MR) is 95.7 cm³/mol. The first-order chi connectivity index (χ1) is 12.0. The van der Waals surface area contributed by atoms with Crippen molar-refractivity contribution in [3.63, 3.8) is 0 Å². The van der Waals surface area contributed by atoms with Crippen LogP contribution in [0.4, 0.5) is 0 Å². The Bertz CT molecular complexity index is 961. The number of pyridine rings is 1. The second-order valence-corrected chi connectivity index (χ2v) is 6.85. The van der Waals surface area contributed by atoms with Gasteiger partial charge in [0.2, 0.25) is 0 Å². The molecule has 5 heteroatoms. The van der Waals surface area contributed by atoms with Crippen LogP contribution in [0.2, 0.25) is 0 Å². The molecule has 5 nitrogen and oxygen atoms in total. The van der Waals surface area contributed by atoms with E-state index in [1.165, 1.54) is 11.1 Å². The van der Waals surface area contributed by atoms with E-state index in [9.17, 15) is 4.79 Å². The van der Waals surface area contributed by atoms with Gasteiger partial charge in [-0.3, -0.25) is 4.79 Å². The Kier molecular flexibility index (Phi) is 3.79. The second-order valence-electron chi connectivity index (χ2n) is 6.85. The first-order valence-electron chi connectivity index (χ1n) is 8.63. The zero-order valence-electron chi connectivity index (χ0n) is 14.7. The van der Waals surface area contributed by atoms with Gasteiger partial charge in [-0.05, 0) is 44.4 Å². The Morgan fingerprint density at radius 2 is 2.04 bits per heavy atom. The van der Waals surface area contributed by atoms with Gasteiger partial charge in [0.05, 0.1) is 16.6 Å². The number of aromatic nitrogens is 2. The highest BCUT2D eigenvalue weighted by molar-refractivity contribution is 6.06. The number of benzene rings is 1. The molecule has 4 rings (SSSR count). The Balaban J connectivity index is 1.65. The lowest BCUT2D eigenvalue weighted by atomic mass is 9.94. The Labute approximate surface area is 146 Å². The second kappa shape index (κ2) is 5.99. The van der Waals surface area contributed by atoms with E-state index in [-0.39, 0.29) is 5.91 Å². The number of nitrogens with zero attached hydrogens (tertiary/aromatic N) is 3. The monoisotopic (exact) mass is 335 g/mol. The fourth-order valence-corrected chi connectivity index (χ4v) is 3.80. The van der Waals surface area contributed by atoms with E-state index < -0.39 is 0 Å². The normalized spacial score (nSPS) is 17.4. The SMILES string of the molecule is Cc1cc(C(=O)N2CCC(c3ccccc3C)C2)c2c(C)noc2n1. The molecule has 1 aliphatic rings. The fraction of sp³-hybridized carbons (Fsp3) is 0.350. The number of likely N-dealkylation sites (tertiary alicyclic amines) is 1. The minimum atomic E-state index is 0.0397. The summed E-state index contributed by atoms with van der Waals surface area (Å²) in [6.07, 6.45) is 0.992. The number of carbonyl (C=O) groups is 1. The maximum absolute atomic E-state index is 13.2. The van der Waals surface area contributed by atoms with Gasteiger partial charge in [0, 0.05) is 24.7 Å². The lowest BCUT2D eigenvalue weighted by Gasteiger charge is -2.18. The standard InChI is InChI=1S/C20H21N3O2/c1-12-6-4-5-7-16(12)15-8-9-23(11-15)20(24)17-10-13(2)21-19-18(17)14(3)22-25-19/h4-7,10,15H,8-9,11H2,1-3H3. The largest absolute Gasteiger partial charge is 0.338 e. The summed E-state index contributed by atoms with van der Waals surface area (Å²) in [6, 6.07) is 10.3. The van der Waals surface area contributed by atoms with Gasteiger partial charge >= 0.3 is 0 Å². The van der Waals surface area contributed by atoms with Gasteiger partial charge in [0.1, 0.15) is 0 Å². The van der Waals surface area contributed by atoms with Crippen molar-refractivity contribution in [3.8, 4) is 0 Å². The molecule has 2 aromatic heterocycles. The van der Waals surface area contributed by atoms with Crippen LogP contribution in [-0.4, -0.2) is 34.0 Å². The van der Waals surface area contributed by atoms with Crippen LogP contribution in [-0.2, 0) is 0 Å². The molecular formula is C20H21N3O2. The number of carbonyl (C=O) groups excluding carboxylic acids is 1. The molecule has 3 heterocycles. The smallest absolute Gasteiger partial charge is 0.258 e. The molecular weight excluding hydrogens is 314 g/mol. The topological polar surface area (TPSA) is 59.2 Å². The first-order valence-corrected chi connectivity index (χ1v) is 8.63. The van der Waals surface area contributed by atoms with E-state index in [1.807, 2.05) is 24.8 Å². The van der Waals surface area contributed by atoms with Crippen LogP contribution in [0.5, 0.6) is 0 Å². The van der Waals surface area contributed by atoms with Crippen LogP contribution < -0.4 is 0 Å². The molecule has 1 atom stereocenters. The lowest BCUT2D eigenvalue weighted by Crippen LogP contribution is -2.29. The summed E-state index contributed by atoms with van der Waals surface area (Å²) < 4.78 is 5.26. The summed E-state index contributed by atoms with van der Waals surface area (Å²) in [5.74, 6) is 0.435. The number of rotatable bonds is 2. The highest BCUT2D eigenvalue weighted by Crippen LogP contribution is 2.31. The Morgan fingerprint density at radius 1 is 1.24 bits per heavy atom. The number of fused-ring (bicyclic) bond motifs is 1. The molecule has 1 saturated heterocycles. The van der Waals surface area contributed by atoms with Crippen LogP contribution in [0.3, 0.4) is 0 Å². The van der Waals surface area contributed by atoms with Crippen molar-refractivity contribution >= 4 is 17.0 Å². The van der Waals surface area contributed by atoms with Gasteiger partial charge in [0.25, 0.3) is 11.6 Å². The van der Waals surface area contributed by atoms with Crippen LogP contribution in [0, 0.1) is 20.8 Å². The zero-order chi connectivity index (χ0) is 17.6. The van der Waals surface area contributed by atoms with Gasteiger partial charge < -0.3 is 9.42 Å². The molecule has 0 spiro atoms. The van der Waals surface area contributed by atoms with Gasteiger partial charge in [-0.15, -0.1) is 0 Å². The average Bonchev–Trinajstić information content (AvgIpc) is 3.21. The van der Waals surface area contributed by atoms with Crippen LogP contribution in [0.25, 0.3) is 11.1 Å². The minimum Gasteiger partial charge on any atom is -0.338 e. The van der Waals surface area contributed by atoms with Gasteiger partial charge in [-0.1, -0.05) is 29.4 Å². The molecule has 25 heavy (non-hydrogen) atoms. The minimum absolute atomic E-state index is 0.0397. The third-order valence-electron chi connectivity index (χ3n) is 5.08. The molecule has 0 bridgehead atoms. The molecule has 1 aromatic carbocycles.